The zero-order valence-corrected chi connectivity index (χ0v) is 12.3. The summed E-state index contributed by atoms with van der Waals surface area (Å²) in [7, 11) is 0. The van der Waals surface area contributed by atoms with Crippen molar-refractivity contribution >= 4 is 22.0 Å². The van der Waals surface area contributed by atoms with Gasteiger partial charge in [0.25, 0.3) is 0 Å². The smallest absolute Gasteiger partial charge is 0.315 e. The third-order valence-electron chi connectivity index (χ3n) is 2.56. The summed E-state index contributed by atoms with van der Waals surface area (Å²) in [5, 5.41) is 14.5. The first-order chi connectivity index (χ1) is 8.50. The topological polar surface area (TPSA) is 61.4 Å². The van der Waals surface area contributed by atoms with Gasteiger partial charge < -0.3 is 15.7 Å². The van der Waals surface area contributed by atoms with E-state index in [2.05, 4.69) is 26.6 Å². The van der Waals surface area contributed by atoms with Crippen LogP contribution in [0.1, 0.15) is 24.5 Å². The molecule has 1 unspecified atom stereocenters. The van der Waals surface area contributed by atoms with Gasteiger partial charge in [0.05, 0.1) is 6.10 Å². The molecule has 0 aliphatic rings. The van der Waals surface area contributed by atoms with Crippen molar-refractivity contribution in [2.75, 3.05) is 6.54 Å². The number of carbonyl (C=O) groups is 1. The van der Waals surface area contributed by atoms with Gasteiger partial charge in [-0.2, -0.15) is 0 Å². The molecule has 0 bridgehead atoms. The third-order valence-corrected chi connectivity index (χ3v) is 3.69. The summed E-state index contributed by atoms with van der Waals surface area (Å²) in [6, 6.07) is 5.72. The molecule has 1 atom stereocenters. The van der Waals surface area contributed by atoms with Crippen LogP contribution in [0.15, 0.2) is 22.7 Å². The zero-order chi connectivity index (χ0) is 13.5. The molecule has 1 aromatic rings. The van der Waals surface area contributed by atoms with Crippen LogP contribution in [0.4, 0.5) is 4.79 Å². The van der Waals surface area contributed by atoms with Crippen LogP contribution in [0.25, 0.3) is 0 Å². The van der Waals surface area contributed by atoms with Crippen molar-refractivity contribution < 1.29 is 9.90 Å². The molecule has 1 aromatic carbocycles. The van der Waals surface area contributed by atoms with Gasteiger partial charge in [0.2, 0.25) is 0 Å². The van der Waals surface area contributed by atoms with Crippen molar-refractivity contribution in [3.05, 3.63) is 33.8 Å². The van der Waals surface area contributed by atoms with Gasteiger partial charge in [-0.05, 0) is 31.4 Å². The minimum absolute atomic E-state index is 0.218. The summed E-state index contributed by atoms with van der Waals surface area (Å²) in [5.41, 5.74) is 2.18. The highest BCUT2D eigenvalue weighted by Crippen LogP contribution is 2.20. The first kappa shape index (κ1) is 15.0. The lowest BCUT2D eigenvalue weighted by Crippen LogP contribution is -2.36. The lowest BCUT2D eigenvalue weighted by atomic mass is 10.1. The van der Waals surface area contributed by atoms with E-state index in [9.17, 15) is 4.79 Å². The Balaban J connectivity index is 2.36. The molecule has 0 radical (unpaired) electrons. The van der Waals surface area contributed by atoms with Gasteiger partial charge in [0, 0.05) is 17.6 Å². The average Bonchev–Trinajstić information content (AvgIpc) is 2.30. The first-order valence-corrected chi connectivity index (χ1v) is 6.73. The predicted octanol–water partition coefficient (Wildman–Crippen LogP) is 2.33. The van der Waals surface area contributed by atoms with Gasteiger partial charge in [-0.15, -0.1) is 0 Å². The molecule has 0 aromatic heterocycles. The van der Waals surface area contributed by atoms with Crippen molar-refractivity contribution in [1.29, 1.82) is 0 Å². The summed E-state index contributed by atoms with van der Waals surface area (Å²) >= 11 is 3.50. The molecular formula is C13H19BrN2O2. The zero-order valence-electron chi connectivity index (χ0n) is 10.7. The Morgan fingerprint density at radius 2 is 2.17 bits per heavy atom. The van der Waals surface area contributed by atoms with Gasteiger partial charge in [-0.3, -0.25) is 0 Å². The molecule has 2 amide bonds. The van der Waals surface area contributed by atoms with Crippen LogP contribution in [0.3, 0.4) is 0 Å². The van der Waals surface area contributed by atoms with Crippen LogP contribution in [0, 0.1) is 6.92 Å². The number of amides is 2. The number of aliphatic hydroxyl groups excluding tert-OH is 1. The SMILES string of the molecule is Cc1cccc(CNC(=O)NCCC(C)O)c1Br. The maximum atomic E-state index is 11.5. The molecule has 0 saturated carbocycles. The van der Waals surface area contributed by atoms with Gasteiger partial charge in [-0.1, -0.05) is 34.1 Å². The van der Waals surface area contributed by atoms with E-state index >= 15 is 0 Å². The molecular weight excluding hydrogens is 296 g/mol. The van der Waals surface area contributed by atoms with Crippen molar-refractivity contribution in [3.63, 3.8) is 0 Å². The molecule has 0 fully saturated rings. The fourth-order valence-electron chi connectivity index (χ4n) is 1.48. The van der Waals surface area contributed by atoms with Crippen LogP contribution >= 0.6 is 15.9 Å². The number of benzene rings is 1. The first-order valence-electron chi connectivity index (χ1n) is 5.94. The number of halogens is 1. The number of hydrogen-bond acceptors (Lipinski definition) is 2. The van der Waals surface area contributed by atoms with Gasteiger partial charge in [0.15, 0.2) is 0 Å². The molecule has 0 aliphatic carbocycles. The summed E-state index contributed by atoms with van der Waals surface area (Å²) in [5.74, 6) is 0. The van der Waals surface area contributed by atoms with Crippen molar-refractivity contribution in [2.24, 2.45) is 0 Å². The predicted molar refractivity (Wildman–Crippen MR) is 75.4 cm³/mol. The minimum Gasteiger partial charge on any atom is -0.393 e. The number of carbonyl (C=O) groups excluding carboxylic acids is 1. The number of aliphatic hydroxyl groups is 1. The lowest BCUT2D eigenvalue weighted by molar-refractivity contribution is 0.183. The standard InChI is InChI=1S/C13H19BrN2O2/c1-9-4-3-5-11(12(9)14)8-16-13(18)15-7-6-10(2)17/h3-5,10,17H,6-8H2,1-2H3,(H2,15,16,18). The Bertz CT molecular complexity index is 408. The van der Waals surface area contributed by atoms with Crippen LogP contribution in [-0.4, -0.2) is 23.8 Å². The molecule has 3 N–H and O–H groups in total. The third kappa shape index (κ3) is 5.06. The quantitative estimate of drug-likeness (QED) is 0.781. The van der Waals surface area contributed by atoms with Crippen LogP contribution < -0.4 is 10.6 Å². The summed E-state index contributed by atoms with van der Waals surface area (Å²) in [6.07, 6.45) is 0.165. The van der Waals surface area contributed by atoms with Crippen molar-refractivity contribution in [1.82, 2.24) is 10.6 Å². The molecule has 4 nitrogen and oxygen atoms in total. The Morgan fingerprint density at radius 1 is 1.44 bits per heavy atom. The second kappa shape index (κ2) is 7.38. The maximum absolute atomic E-state index is 11.5. The normalized spacial score (nSPS) is 12.0. The lowest BCUT2D eigenvalue weighted by Gasteiger charge is -2.10. The van der Waals surface area contributed by atoms with E-state index < -0.39 is 6.10 Å². The van der Waals surface area contributed by atoms with Crippen LogP contribution in [0.2, 0.25) is 0 Å². The van der Waals surface area contributed by atoms with E-state index in [1.807, 2.05) is 25.1 Å². The minimum atomic E-state index is -0.392. The second-order valence-corrected chi connectivity index (χ2v) is 5.09. The number of hydrogen-bond donors (Lipinski definition) is 3. The molecule has 0 saturated heterocycles. The van der Waals surface area contributed by atoms with E-state index in [-0.39, 0.29) is 6.03 Å². The Hall–Kier alpha value is -1.07. The number of aryl methyl sites for hydroxylation is 1. The molecule has 1 rings (SSSR count). The largest absolute Gasteiger partial charge is 0.393 e. The Labute approximate surface area is 116 Å². The van der Waals surface area contributed by atoms with Crippen molar-refractivity contribution in [2.45, 2.75) is 32.9 Å². The van der Waals surface area contributed by atoms with E-state index in [0.29, 0.717) is 19.5 Å². The summed E-state index contributed by atoms with van der Waals surface area (Å²) < 4.78 is 1.02. The highest BCUT2D eigenvalue weighted by molar-refractivity contribution is 9.10. The second-order valence-electron chi connectivity index (χ2n) is 4.30. The summed E-state index contributed by atoms with van der Waals surface area (Å²) in [6.45, 7) is 4.65. The molecule has 0 spiro atoms. The fraction of sp³-hybridized carbons (Fsp3) is 0.462. The Morgan fingerprint density at radius 3 is 2.83 bits per heavy atom. The van der Waals surface area contributed by atoms with Crippen LogP contribution in [-0.2, 0) is 6.54 Å². The van der Waals surface area contributed by atoms with Gasteiger partial charge in [-0.25, -0.2) is 4.79 Å². The highest BCUT2D eigenvalue weighted by atomic mass is 79.9. The number of rotatable bonds is 5. The van der Waals surface area contributed by atoms with E-state index in [1.54, 1.807) is 6.92 Å². The summed E-state index contributed by atoms with van der Waals surface area (Å²) in [4.78, 5) is 11.5. The Kier molecular flexibility index (Phi) is 6.15. The average molecular weight is 315 g/mol. The molecule has 5 heteroatoms. The molecule has 0 heterocycles. The van der Waals surface area contributed by atoms with Crippen LogP contribution in [0.5, 0.6) is 0 Å². The number of urea groups is 1. The van der Waals surface area contributed by atoms with Gasteiger partial charge >= 0.3 is 6.03 Å². The maximum Gasteiger partial charge on any atom is 0.315 e. The number of nitrogens with one attached hydrogen (secondary N) is 2. The molecule has 100 valence electrons. The molecule has 0 aliphatic heterocycles. The van der Waals surface area contributed by atoms with E-state index in [1.165, 1.54) is 0 Å². The van der Waals surface area contributed by atoms with Crippen molar-refractivity contribution in [3.8, 4) is 0 Å². The highest BCUT2D eigenvalue weighted by Gasteiger charge is 2.05. The van der Waals surface area contributed by atoms with E-state index in [0.717, 1.165) is 15.6 Å². The van der Waals surface area contributed by atoms with E-state index in [4.69, 9.17) is 5.11 Å². The fourth-order valence-corrected chi connectivity index (χ4v) is 1.88. The molecule has 18 heavy (non-hydrogen) atoms. The van der Waals surface area contributed by atoms with Gasteiger partial charge in [0.1, 0.15) is 0 Å². The monoisotopic (exact) mass is 314 g/mol.